The molecule has 1 amide bonds. The van der Waals surface area contributed by atoms with E-state index in [2.05, 4.69) is 10.1 Å². The standard InChI is InChI=1S/C15H22N2O5/c1-9-12(15(19)20-2)7-11(22-9)8-17-14(18)13(16)10-3-5-21-6-4-10/h7,10,13H,3-6,8,16H2,1-2H3,(H,17,18). The van der Waals surface area contributed by atoms with Gasteiger partial charge in [-0.3, -0.25) is 4.79 Å². The van der Waals surface area contributed by atoms with Gasteiger partial charge in [-0.1, -0.05) is 0 Å². The quantitative estimate of drug-likeness (QED) is 0.778. The fourth-order valence-electron chi connectivity index (χ4n) is 2.52. The number of carbonyl (C=O) groups is 2. The fraction of sp³-hybridized carbons (Fsp3) is 0.600. The van der Waals surface area contributed by atoms with Gasteiger partial charge >= 0.3 is 5.97 Å². The third kappa shape index (κ3) is 3.86. The Labute approximate surface area is 129 Å². The molecule has 7 nitrogen and oxygen atoms in total. The first-order chi connectivity index (χ1) is 10.5. The van der Waals surface area contributed by atoms with Crippen LogP contribution in [0.4, 0.5) is 0 Å². The van der Waals surface area contributed by atoms with Crippen LogP contribution in [0.2, 0.25) is 0 Å². The van der Waals surface area contributed by atoms with Crippen molar-refractivity contribution in [3.8, 4) is 0 Å². The zero-order chi connectivity index (χ0) is 16.1. The van der Waals surface area contributed by atoms with Crippen molar-refractivity contribution in [2.24, 2.45) is 11.7 Å². The van der Waals surface area contributed by atoms with Crippen molar-refractivity contribution in [2.45, 2.75) is 32.4 Å². The van der Waals surface area contributed by atoms with Gasteiger partial charge in [0.2, 0.25) is 5.91 Å². The van der Waals surface area contributed by atoms with E-state index in [1.807, 2.05) is 0 Å². The predicted octanol–water partition coefficient (Wildman–Crippen LogP) is 0.745. The summed E-state index contributed by atoms with van der Waals surface area (Å²) in [7, 11) is 1.31. The lowest BCUT2D eigenvalue weighted by atomic mass is 9.92. The molecule has 1 aliphatic heterocycles. The molecule has 0 radical (unpaired) electrons. The number of hydrogen-bond donors (Lipinski definition) is 2. The molecule has 1 unspecified atom stereocenters. The number of ether oxygens (including phenoxy) is 2. The van der Waals surface area contributed by atoms with Crippen molar-refractivity contribution in [1.82, 2.24) is 5.32 Å². The van der Waals surface area contributed by atoms with Crippen LogP contribution in [0.5, 0.6) is 0 Å². The third-order valence-electron chi connectivity index (χ3n) is 3.89. The minimum atomic E-state index is -0.556. The van der Waals surface area contributed by atoms with Gasteiger partial charge in [0.1, 0.15) is 17.1 Å². The average Bonchev–Trinajstić information content (AvgIpc) is 2.92. The van der Waals surface area contributed by atoms with E-state index >= 15 is 0 Å². The van der Waals surface area contributed by atoms with Gasteiger partial charge in [0.05, 0.1) is 19.7 Å². The van der Waals surface area contributed by atoms with Crippen LogP contribution >= 0.6 is 0 Å². The van der Waals surface area contributed by atoms with Gasteiger partial charge in [-0.15, -0.1) is 0 Å². The van der Waals surface area contributed by atoms with E-state index in [0.29, 0.717) is 30.3 Å². The molecular formula is C15H22N2O5. The summed E-state index contributed by atoms with van der Waals surface area (Å²) in [4.78, 5) is 23.6. The third-order valence-corrected chi connectivity index (χ3v) is 3.89. The summed E-state index contributed by atoms with van der Waals surface area (Å²) in [6, 6.07) is 1.02. The summed E-state index contributed by atoms with van der Waals surface area (Å²) in [6.45, 7) is 3.15. The normalized spacial score (nSPS) is 17.0. The van der Waals surface area contributed by atoms with Crippen molar-refractivity contribution in [1.29, 1.82) is 0 Å². The number of rotatable bonds is 5. The molecule has 0 spiro atoms. The number of amides is 1. The van der Waals surface area contributed by atoms with Crippen LogP contribution in [0, 0.1) is 12.8 Å². The van der Waals surface area contributed by atoms with Crippen molar-refractivity contribution in [2.75, 3.05) is 20.3 Å². The predicted molar refractivity (Wildman–Crippen MR) is 78.1 cm³/mol. The first kappa shape index (κ1) is 16.5. The van der Waals surface area contributed by atoms with Crippen LogP contribution in [0.15, 0.2) is 10.5 Å². The number of esters is 1. The SMILES string of the molecule is COC(=O)c1cc(CNC(=O)C(N)C2CCOCC2)oc1C. The minimum Gasteiger partial charge on any atom is -0.465 e. The Balaban J connectivity index is 1.89. The van der Waals surface area contributed by atoms with E-state index in [-0.39, 0.29) is 18.4 Å². The molecule has 0 aromatic carbocycles. The summed E-state index contributed by atoms with van der Waals surface area (Å²) < 4.78 is 15.4. The van der Waals surface area contributed by atoms with Gasteiger partial charge in [0, 0.05) is 13.2 Å². The number of carbonyl (C=O) groups excluding carboxylic acids is 2. The minimum absolute atomic E-state index is 0.137. The molecule has 1 aromatic heterocycles. The molecule has 3 N–H and O–H groups in total. The second kappa shape index (κ2) is 7.42. The first-order valence-electron chi connectivity index (χ1n) is 7.31. The molecule has 1 saturated heterocycles. The van der Waals surface area contributed by atoms with E-state index in [9.17, 15) is 9.59 Å². The summed E-state index contributed by atoms with van der Waals surface area (Å²) in [6.07, 6.45) is 1.59. The lowest BCUT2D eigenvalue weighted by Gasteiger charge is -2.26. The Bertz CT molecular complexity index is 534. The highest BCUT2D eigenvalue weighted by atomic mass is 16.5. The average molecular weight is 310 g/mol. The molecule has 1 aliphatic rings. The molecular weight excluding hydrogens is 288 g/mol. The van der Waals surface area contributed by atoms with Crippen molar-refractivity contribution in [3.05, 3.63) is 23.2 Å². The maximum absolute atomic E-state index is 12.1. The summed E-state index contributed by atoms with van der Waals surface area (Å²) in [5.41, 5.74) is 6.35. The van der Waals surface area contributed by atoms with Gasteiger partial charge in [0.15, 0.2) is 0 Å². The first-order valence-corrected chi connectivity index (χ1v) is 7.31. The van der Waals surface area contributed by atoms with Gasteiger partial charge in [-0.05, 0) is 31.7 Å². The summed E-state index contributed by atoms with van der Waals surface area (Å²) >= 11 is 0. The Hall–Kier alpha value is -1.86. The molecule has 1 aromatic rings. The molecule has 122 valence electrons. The highest BCUT2D eigenvalue weighted by molar-refractivity contribution is 5.90. The van der Waals surface area contributed by atoms with E-state index in [4.69, 9.17) is 14.9 Å². The van der Waals surface area contributed by atoms with Gasteiger partial charge in [0.25, 0.3) is 0 Å². The molecule has 7 heteroatoms. The molecule has 22 heavy (non-hydrogen) atoms. The maximum Gasteiger partial charge on any atom is 0.341 e. The van der Waals surface area contributed by atoms with Crippen molar-refractivity contribution >= 4 is 11.9 Å². The van der Waals surface area contributed by atoms with E-state index in [0.717, 1.165) is 12.8 Å². The molecule has 0 aliphatic carbocycles. The maximum atomic E-state index is 12.1. The Morgan fingerprint density at radius 3 is 2.77 bits per heavy atom. The summed E-state index contributed by atoms with van der Waals surface area (Å²) in [5.74, 6) is 0.409. The van der Waals surface area contributed by atoms with Gasteiger partial charge in [-0.25, -0.2) is 4.79 Å². The summed E-state index contributed by atoms with van der Waals surface area (Å²) in [5, 5.41) is 2.74. The Morgan fingerprint density at radius 1 is 1.45 bits per heavy atom. The van der Waals surface area contributed by atoms with Gasteiger partial charge in [-0.2, -0.15) is 0 Å². The largest absolute Gasteiger partial charge is 0.465 e. The molecule has 0 bridgehead atoms. The number of hydrogen-bond acceptors (Lipinski definition) is 6. The Morgan fingerprint density at radius 2 is 2.14 bits per heavy atom. The second-order valence-electron chi connectivity index (χ2n) is 5.37. The van der Waals surface area contributed by atoms with E-state index < -0.39 is 12.0 Å². The highest BCUT2D eigenvalue weighted by Gasteiger charge is 2.26. The molecule has 0 saturated carbocycles. The zero-order valence-electron chi connectivity index (χ0n) is 12.9. The van der Waals surface area contributed by atoms with Crippen LogP contribution in [-0.4, -0.2) is 38.2 Å². The Kier molecular flexibility index (Phi) is 5.57. The number of nitrogens with one attached hydrogen (secondary N) is 1. The highest BCUT2D eigenvalue weighted by Crippen LogP contribution is 2.18. The number of methoxy groups -OCH3 is 1. The smallest absolute Gasteiger partial charge is 0.341 e. The number of aryl methyl sites for hydroxylation is 1. The van der Waals surface area contributed by atoms with Crippen LogP contribution < -0.4 is 11.1 Å². The van der Waals surface area contributed by atoms with E-state index in [1.165, 1.54) is 7.11 Å². The number of furan rings is 1. The second-order valence-corrected chi connectivity index (χ2v) is 5.37. The zero-order valence-corrected chi connectivity index (χ0v) is 12.9. The monoisotopic (exact) mass is 310 g/mol. The molecule has 1 fully saturated rings. The number of nitrogens with two attached hydrogens (primary N) is 1. The fourth-order valence-corrected chi connectivity index (χ4v) is 2.52. The molecule has 1 atom stereocenters. The van der Waals surface area contributed by atoms with Crippen LogP contribution in [0.1, 0.15) is 34.7 Å². The van der Waals surface area contributed by atoms with Crippen LogP contribution in [0.25, 0.3) is 0 Å². The topological polar surface area (TPSA) is 104 Å². The molecule has 2 rings (SSSR count). The lowest BCUT2D eigenvalue weighted by Crippen LogP contribution is -2.46. The lowest BCUT2D eigenvalue weighted by molar-refractivity contribution is -0.124. The van der Waals surface area contributed by atoms with Crippen LogP contribution in [-0.2, 0) is 20.8 Å². The van der Waals surface area contributed by atoms with Crippen molar-refractivity contribution in [3.63, 3.8) is 0 Å². The van der Waals surface area contributed by atoms with Crippen molar-refractivity contribution < 1.29 is 23.5 Å². The van der Waals surface area contributed by atoms with Crippen LogP contribution in [0.3, 0.4) is 0 Å². The van der Waals surface area contributed by atoms with E-state index in [1.54, 1.807) is 13.0 Å². The molecule has 2 heterocycles. The van der Waals surface area contributed by atoms with Gasteiger partial charge < -0.3 is 24.9 Å².